The molecule has 62 heavy (non-hydrogen) atoms. The largest absolute Gasteiger partial charge is 0.466 e. The fraction of sp³-hybridized carbons (Fsp3) is 0.893. The molecule has 0 aromatic rings. The Labute approximate surface area is 386 Å². The van der Waals surface area contributed by atoms with Crippen molar-refractivity contribution >= 4 is 11.9 Å². The van der Waals surface area contributed by atoms with Crippen molar-refractivity contribution < 1.29 is 24.5 Å². The normalized spacial score (nSPS) is 12.8. The highest BCUT2D eigenvalue weighted by atomic mass is 16.5. The highest BCUT2D eigenvalue weighted by Gasteiger charge is 2.18. The minimum absolute atomic E-state index is 0.00312. The van der Waals surface area contributed by atoms with E-state index in [0.717, 1.165) is 44.9 Å². The van der Waals surface area contributed by atoms with Gasteiger partial charge in [-0.25, -0.2) is 0 Å². The molecule has 6 heteroatoms. The van der Waals surface area contributed by atoms with E-state index >= 15 is 0 Å². The summed E-state index contributed by atoms with van der Waals surface area (Å²) in [6.45, 7) is 4.87. The van der Waals surface area contributed by atoms with Gasteiger partial charge in [0.25, 0.3) is 0 Å². The van der Waals surface area contributed by atoms with Crippen LogP contribution in [0.3, 0.4) is 0 Å². The number of aliphatic hydroxyl groups is 2. The summed E-state index contributed by atoms with van der Waals surface area (Å²) in [7, 11) is 0. The summed E-state index contributed by atoms with van der Waals surface area (Å²) >= 11 is 0. The second-order valence-corrected chi connectivity index (χ2v) is 18.9. The van der Waals surface area contributed by atoms with Crippen LogP contribution in [-0.2, 0) is 14.3 Å². The van der Waals surface area contributed by atoms with Crippen molar-refractivity contribution in [2.24, 2.45) is 0 Å². The molecule has 0 aromatic carbocycles. The Morgan fingerprint density at radius 3 is 1.16 bits per heavy atom. The van der Waals surface area contributed by atoms with Crippen LogP contribution >= 0.6 is 0 Å². The van der Waals surface area contributed by atoms with Gasteiger partial charge < -0.3 is 20.3 Å². The van der Waals surface area contributed by atoms with E-state index in [1.165, 1.54) is 225 Å². The maximum absolute atomic E-state index is 12.4. The topological polar surface area (TPSA) is 95.9 Å². The molecule has 0 saturated heterocycles. The van der Waals surface area contributed by atoms with Crippen LogP contribution in [0.1, 0.15) is 296 Å². The number of carbonyl (C=O) groups excluding carboxylic acids is 2. The lowest BCUT2D eigenvalue weighted by molar-refractivity contribution is -0.143. The third kappa shape index (κ3) is 47.8. The van der Waals surface area contributed by atoms with Gasteiger partial charge in [-0.05, 0) is 57.8 Å². The van der Waals surface area contributed by atoms with Crippen LogP contribution in [-0.4, -0.2) is 47.4 Å². The summed E-state index contributed by atoms with van der Waals surface area (Å²) < 4.78 is 5.47. The third-order valence-corrected chi connectivity index (χ3v) is 12.7. The van der Waals surface area contributed by atoms with Gasteiger partial charge in [-0.3, -0.25) is 9.59 Å². The zero-order chi connectivity index (χ0) is 45.1. The molecular formula is C56H107NO5. The van der Waals surface area contributed by atoms with E-state index in [4.69, 9.17) is 4.74 Å². The number of ether oxygens (including phenoxy) is 1. The van der Waals surface area contributed by atoms with Gasteiger partial charge in [0.05, 0.1) is 25.4 Å². The highest BCUT2D eigenvalue weighted by molar-refractivity contribution is 5.76. The maximum atomic E-state index is 12.4. The quantitative estimate of drug-likeness (QED) is 0.0321. The van der Waals surface area contributed by atoms with E-state index in [2.05, 4.69) is 31.3 Å². The lowest BCUT2D eigenvalue weighted by Gasteiger charge is -2.20. The van der Waals surface area contributed by atoms with E-state index < -0.39 is 12.1 Å². The average molecular weight is 874 g/mol. The van der Waals surface area contributed by atoms with Crippen molar-refractivity contribution in [2.45, 2.75) is 309 Å². The summed E-state index contributed by atoms with van der Waals surface area (Å²) in [4.78, 5) is 24.4. The Hall–Kier alpha value is -1.66. The van der Waals surface area contributed by atoms with Crippen LogP contribution in [0.2, 0.25) is 0 Å². The number of aliphatic hydroxyl groups excluding tert-OH is 2. The van der Waals surface area contributed by atoms with E-state index in [1.807, 2.05) is 6.08 Å². The fourth-order valence-electron chi connectivity index (χ4n) is 8.45. The van der Waals surface area contributed by atoms with Crippen LogP contribution in [0.15, 0.2) is 24.3 Å². The van der Waals surface area contributed by atoms with E-state index in [9.17, 15) is 19.8 Å². The molecule has 0 spiro atoms. The summed E-state index contributed by atoms with van der Waals surface area (Å²) in [6, 6.07) is -0.626. The molecule has 0 aromatic heterocycles. The summed E-state index contributed by atoms with van der Waals surface area (Å²) in [5.41, 5.74) is 0. The van der Waals surface area contributed by atoms with Gasteiger partial charge >= 0.3 is 5.97 Å². The molecule has 0 bridgehead atoms. The van der Waals surface area contributed by atoms with E-state index in [1.54, 1.807) is 6.08 Å². The predicted molar refractivity (Wildman–Crippen MR) is 269 cm³/mol. The van der Waals surface area contributed by atoms with Crippen LogP contribution < -0.4 is 5.32 Å². The molecule has 366 valence electrons. The van der Waals surface area contributed by atoms with Gasteiger partial charge in [0.2, 0.25) is 5.91 Å². The van der Waals surface area contributed by atoms with Gasteiger partial charge in [0.1, 0.15) is 0 Å². The molecule has 0 aliphatic heterocycles. The molecule has 3 N–H and O–H groups in total. The second-order valence-electron chi connectivity index (χ2n) is 18.9. The molecule has 0 aliphatic rings. The number of esters is 1. The van der Waals surface area contributed by atoms with E-state index in [0.29, 0.717) is 19.4 Å². The predicted octanol–water partition coefficient (Wildman–Crippen LogP) is 16.7. The number of unbranched alkanes of at least 4 members (excludes halogenated alkanes) is 38. The molecule has 1 amide bonds. The highest BCUT2D eigenvalue weighted by Crippen LogP contribution is 2.17. The Kier molecular flexibility index (Phi) is 50.6. The number of carbonyl (C=O) groups is 2. The van der Waals surface area contributed by atoms with E-state index in [-0.39, 0.29) is 18.5 Å². The third-order valence-electron chi connectivity index (χ3n) is 12.7. The van der Waals surface area contributed by atoms with Crippen molar-refractivity contribution in [1.29, 1.82) is 0 Å². The molecule has 6 nitrogen and oxygen atoms in total. The molecule has 0 fully saturated rings. The Balaban J connectivity index is 3.37. The van der Waals surface area contributed by atoms with Crippen LogP contribution in [0.5, 0.6) is 0 Å². The second kappa shape index (κ2) is 52.0. The van der Waals surface area contributed by atoms with Crippen molar-refractivity contribution in [3.8, 4) is 0 Å². The Bertz CT molecular complexity index is 966. The van der Waals surface area contributed by atoms with Crippen molar-refractivity contribution in [3.05, 3.63) is 24.3 Å². The number of rotatable bonds is 51. The zero-order valence-corrected chi connectivity index (χ0v) is 41.6. The Morgan fingerprint density at radius 1 is 0.435 bits per heavy atom. The number of amides is 1. The van der Waals surface area contributed by atoms with Gasteiger partial charge in [0.15, 0.2) is 0 Å². The number of allylic oxidation sites excluding steroid dienone is 3. The first-order valence-electron chi connectivity index (χ1n) is 27.6. The molecular weight excluding hydrogens is 767 g/mol. The minimum Gasteiger partial charge on any atom is -0.466 e. The molecule has 0 rings (SSSR count). The van der Waals surface area contributed by atoms with Crippen molar-refractivity contribution in [3.63, 3.8) is 0 Å². The minimum atomic E-state index is -0.842. The monoisotopic (exact) mass is 874 g/mol. The first-order valence-corrected chi connectivity index (χ1v) is 27.6. The summed E-state index contributed by atoms with van der Waals surface area (Å²) in [5.74, 6) is -0.0668. The lowest BCUT2D eigenvalue weighted by atomic mass is 10.0. The zero-order valence-electron chi connectivity index (χ0n) is 41.6. The molecule has 2 unspecified atom stereocenters. The standard InChI is InChI=1S/C56H107NO5/c1-3-5-7-9-11-13-15-26-30-34-38-42-46-50-56(61)62-51-47-43-39-35-31-28-25-23-21-19-17-16-18-20-22-24-27-29-33-37-41-45-49-55(60)57-53(52-58)54(59)48-44-40-36-32-14-12-10-8-6-4-2/h13,15,44,48,53-54,58-59H,3-12,14,16-43,45-47,49-52H2,1-2H3,(H,57,60)/b15-13-,48-44+. The van der Waals surface area contributed by atoms with Crippen LogP contribution in [0.25, 0.3) is 0 Å². The lowest BCUT2D eigenvalue weighted by Crippen LogP contribution is -2.45. The first-order chi connectivity index (χ1) is 30.5. The molecule has 0 heterocycles. The van der Waals surface area contributed by atoms with Crippen molar-refractivity contribution in [2.75, 3.05) is 13.2 Å². The molecule has 0 radical (unpaired) electrons. The van der Waals surface area contributed by atoms with Gasteiger partial charge in [0, 0.05) is 12.8 Å². The van der Waals surface area contributed by atoms with Crippen molar-refractivity contribution in [1.82, 2.24) is 5.32 Å². The number of hydrogen-bond donors (Lipinski definition) is 3. The molecule has 0 saturated carbocycles. The average Bonchev–Trinajstić information content (AvgIpc) is 3.27. The SMILES string of the molecule is CCCCCC/C=C\CCCCCCCC(=O)OCCCCCCCCCCCCCCCCCCCCCCCCC(=O)NC(CO)C(O)/C=C/CCCCCCCCCC. The van der Waals surface area contributed by atoms with Gasteiger partial charge in [-0.1, -0.05) is 250 Å². The fourth-order valence-corrected chi connectivity index (χ4v) is 8.45. The van der Waals surface area contributed by atoms with Gasteiger partial charge in [-0.2, -0.15) is 0 Å². The number of nitrogens with one attached hydrogen (secondary N) is 1. The van der Waals surface area contributed by atoms with Crippen LogP contribution in [0, 0.1) is 0 Å². The van der Waals surface area contributed by atoms with Gasteiger partial charge in [-0.15, -0.1) is 0 Å². The smallest absolute Gasteiger partial charge is 0.305 e. The Morgan fingerprint density at radius 2 is 0.758 bits per heavy atom. The maximum Gasteiger partial charge on any atom is 0.305 e. The molecule has 2 atom stereocenters. The summed E-state index contributed by atoms with van der Waals surface area (Å²) in [5, 5.41) is 23.0. The molecule has 0 aliphatic carbocycles. The first kappa shape index (κ1) is 60.3. The van der Waals surface area contributed by atoms with Crippen LogP contribution in [0.4, 0.5) is 0 Å². The summed E-state index contributed by atoms with van der Waals surface area (Å²) in [6.07, 6.45) is 62.0. The number of hydrogen-bond acceptors (Lipinski definition) is 5.